The Bertz CT molecular complexity index is 711. The van der Waals surface area contributed by atoms with Crippen molar-refractivity contribution < 1.29 is 9.59 Å². The minimum atomic E-state index is -0.308. The van der Waals surface area contributed by atoms with Gasteiger partial charge in [0.1, 0.15) is 0 Å². The lowest BCUT2D eigenvalue weighted by Crippen LogP contribution is -2.34. The molecule has 0 unspecified atom stereocenters. The zero-order chi connectivity index (χ0) is 16.8. The average Bonchev–Trinajstić information content (AvgIpc) is 2.48. The van der Waals surface area contributed by atoms with E-state index in [4.69, 9.17) is 0 Å². The summed E-state index contributed by atoms with van der Waals surface area (Å²) >= 11 is 0. The molecule has 0 saturated carbocycles. The molecule has 5 heteroatoms. The van der Waals surface area contributed by atoms with Crippen molar-refractivity contribution in [1.82, 2.24) is 5.32 Å². The molecule has 120 valence electrons. The van der Waals surface area contributed by atoms with Crippen LogP contribution in [0.2, 0.25) is 0 Å². The van der Waals surface area contributed by atoms with Crippen molar-refractivity contribution in [3.05, 3.63) is 59.7 Å². The summed E-state index contributed by atoms with van der Waals surface area (Å²) in [5.74, 6) is -0.207. The van der Waals surface area contributed by atoms with Gasteiger partial charge in [0.05, 0.1) is 11.4 Å². The summed E-state index contributed by atoms with van der Waals surface area (Å²) in [5, 5.41) is 8.34. The van der Waals surface area contributed by atoms with Gasteiger partial charge >= 0.3 is 6.03 Å². The number of nitrogens with one attached hydrogen (secondary N) is 3. The van der Waals surface area contributed by atoms with Crippen LogP contribution in [0.1, 0.15) is 29.8 Å². The summed E-state index contributed by atoms with van der Waals surface area (Å²) in [6.07, 6.45) is 0. The average molecular weight is 311 g/mol. The van der Waals surface area contributed by atoms with Gasteiger partial charge in [-0.05, 0) is 44.5 Å². The molecule has 5 nitrogen and oxygen atoms in total. The molecule has 0 fully saturated rings. The highest BCUT2D eigenvalue weighted by Crippen LogP contribution is 2.22. The zero-order valence-electron chi connectivity index (χ0n) is 13.5. The lowest BCUT2D eigenvalue weighted by molar-refractivity contribution is 0.102. The molecule has 0 heterocycles. The highest BCUT2D eigenvalue weighted by atomic mass is 16.2. The van der Waals surface area contributed by atoms with Gasteiger partial charge in [-0.1, -0.05) is 30.3 Å². The Morgan fingerprint density at radius 1 is 0.870 bits per heavy atom. The molecule has 0 spiro atoms. The third-order valence-corrected chi connectivity index (χ3v) is 3.23. The molecule has 0 atom stereocenters. The van der Waals surface area contributed by atoms with Crippen LogP contribution in [0.15, 0.2) is 48.5 Å². The van der Waals surface area contributed by atoms with E-state index in [2.05, 4.69) is 16.0 Å². The third-order valence-electron chi connectivity index (χ3n) is 3.23. The van der Waals surface area contributed by atoms with Crippen molar-refractivity contribution in [1.29, 1.82) is 0 Å². The Kier molecular flexibility index (Phi) is 5.36. The van der Waals surface area contributed by atoms with E-state index in [0.29, 0.717) is 16.9 Å². The zero-order valence-corrected chi connectivity index (χ0v) is 13.5. The SMILES string of the molecule is Cc1ccccc1C(=O)Nc1ccccc1NC(=O)NC(C)C. The van der Waals surface area contributed by atoms with Crippen LogP contribution in [0.4, 0.5) is 16.2 Å². The Balaban J connectivity index is 2.16. The summed E-state index contributed by atoms with van der Waals surface area (Å²) < 4.78 is 0. The van der Waals surface area contributed by atoms with Crippen LogP contribution in [-0.4, -0.2) is 18.0 Å². The van der Waals surface area contributed by atoms with E-state index in [-0.39, 0.29) is 18.0 Å². The molecular formula is C18H21N3O2. The first-order valence-electron chi connectivity index (χ1n) is 7.51. The quantitative estimate of drug-likeness (QED) is 0.804. The molecule has 0 saturated heterocycles. The van der Waals surface area contributed by atoms with E-state index < -0.39 is 0 Å². The van der Waals surface area contributed by atoms with Crippen LogP contribution >= 0.6 is 0 Å². The van der Waals surface area contributed by atoms with Crippen LogP contribution in [0, 0.1) is 6.92 Å². The van der Waals surface area contributed by atoms with Gasteiger partial charge in [-0.25, -0.2) is 4.79 Å². The predicted molar refractivity (Wildman–Crippen MR) is 92.9 cm³/mol. The smallest absolute Gasteiger partial charge is 0.319 e. The number of carbonyl (C=O) groups is 2. The van der Waals surface area contributed by atoms with Crippen molar-refractivity contribution in [2.24, 2.45) is 0 Å². The summed E-state index contributed by atoms with van der Waals surface area (Å²) in [7, 11) is 0. The third kappa shape index (κ3) is 4.57. The fourth-order valence-corrected chi connectivity index (χ4v) is 2.14. The fourth-order valence-electron chi connectivity index (χ4n) is 2.14. The first kappa shape index (κ1) is 16.5. The van der Waals surface area contributed by atoms with Crippen molar-refractivity contribution in [3.8, 4) is 0 Å². The van der Waals surface area contributed by atoms with Gasteiger partial charge in [0, 0.05) is 11.6 Å². The number of hydrogen-bond acceptors (Lipinski definition) is 2. The minimum Gasteiger partial charge on any atom is -0.336 e. The number of para-hydroxylation sites is 2. The molecule has 2 rings (SSSR count). The van der Waals surface area contributed by atoms with Crippen molar-refractivity contribution in [2.45, 2.75) is 26.8 Å². The lowest BCUT2D eigenvalue weighted by atomic mass is 10.1. The van der Waals surface area contributed by atoms with Gasteiger partial charge in [0.25, 0.3) is 5.91 Å². The van der Waals surface area contributed by atoms with Crippen molar-refractivity contribution >= 4 is 23.3 Å². The number of hydrogen-bond donors (Lipinski definition) is 3. The topological polar surface area (TPSA) is 70.2 Å². The Morgan fingerprint density at radius 2 is 1.43 bits per heavy atom. The standard InChI is InChI=1S/C18H21N3O2/c1-12(2)19-18(23)21-16-11-7-6-10-15(16)20-17(22)14-9-5-4-8-13(14)3/h4-12H,1-3H3,(H,20,22)(H2,19,21,23). The van der Waals surface area contributed by atoms with Crippen LogP contribution in [0.25, 0.3) is 0 Å². The largest absolute Gasteiger partial charge is 0.336 e. The lowest BCUT2D eigenvalue weighted by Gasteiger charge is -2.14. The number of anilines is 2. The van der Waals surface area contributed by atoms with E-state index in [1.54, 1.807) is 30.3 Å². The first-order chi connectivity index (χ1) is 11.0. The molecule has 0 radical (unpaired) electrons. The second kappa shape index (κ2) is 7.45. The molecule has 3 N–H and O–H groups in total. The number of aryl methyl sites for hydroxylation is 1. The highest BCUT2D eigenvalue weighted by Gasteiger charge is 2.12. The number of carbonyl (C=O) groups excluding carboxylic acids is 2. The monoisotopic (exact) mass is 311 g/mol. The van der Waals surface area contributed by atoms with Crippen LogP contribution in [0.5, 0.6) is 0 Å². The van der Waals surface area contributed by atoms with E-state index in [1.807, 2.05) is 39.0 Å². The Labute approximate surface area is 136 Å². The van der Waals surface area contributed by atoms with E-state index in [1.165, 1.54) is 0 Å². The molecule has 0 aliphatic rings. The van der Waals surface area contributed by atoms with Crippen LogP contribution in [0.3, 0.4) is 0 Å². The molecule has 2 aromatic carbocycles. The molecule has 0 aliphatic heterocycles. The van der Waals surface area contributed by atoms with Gasteiger partial charge in [-0.15, -0.1) is 0 Å². The van der Waals surface area contributed by atoms with Crippen molar-refractivity contribution in [2.75, 3.05) is 10.6 Å². The van der Waals surface area contributed by atoms with Gasteiger partial charge in [0.2, 0.25) is 0 Å². The summed E-state index contributed by atoms with van der Waals surface area (Å²) in [4.78, 5) is 24.3. The highest BCUT2D eigenvalue weighted by molar-refractivity contribution is 6.07. The minimum absolute atomic E-state index is 0.0312. The van der Waals surface area contributed by atoms with E-state index in [0.717, 1.165) is 5.56 Å². The molecule has 0 bridgehead atoms. The second-order valence-corrected chi connectivity index (χ2v) is 5.57. The number of urea groups is 1. The molecule has 23 heavy (non-hydrogen) atoms. The molecule has 3 amide bonds. The second-order valence-electron chi connectivity index (χ2n) is 5.57. The van der Waals surface area contributed by atoms with Gasteiger partial charge < -0.3 is 16.0 Å². The summed E-state index contributed by atoms with van der Waals surface area (Å²) in [6.45, 7) is 5.64. The molecule has 0 aliphatic carbocycles. The van der Waals surface area contributed by atoms with E-state index >= 15 is 0 Å². The molecule has 0 aromatic heterocycles. The normalized spacial score (nSPS) is 10.3. The Morgan fingerprint density at radius 3 is 2.04 bits per heavy atom. The fraction of sp³-hybridized carbons (Fsp3) is 0.222. The van der Waals surface area contributed by atoms with Gasteiger partial charge in [-0.2, -0.15) is 0 Å². The maximum atomic E-state index is 12.4. The molecule has 2 aromatic rings. The predicted octanol–water partition coefficient (Wildman–Crippen LogP) is 3.78. The van der Waals surface area contributed by atoms with Gasteiger partial charge in [-0.3, -0.25) is 4.79 Å². The maximum absolute atomic E-state index is 12.4. The summed E-state index contributed by atoms with van der Waals surface area (Å²) in [5.41, 5.74) is 2.61. The van der Waals surface area contributed by atoms with Crippen LogP contribution < -0.4 is 16.0 Å². The van der Waals surface area contributed by atoms with E-state index in [9.17, 15) is 9.59 Å². The number of benzene rings is 2. The van der Waals surface area contributed by atoms with Gasteiger partial charge in [0.15, 0.2) is 0 Å². The van der Waals surface area contributed by atoms with Crippen LogP contribution in [-0.2, 0) is 0 Å². The van der Waals surface area contributed by atoms with Crippen molar-refractivity contribution in [3.63, 3.8) is 0 Å². The number of amides is 3. The first-order valence-corrected chi connectivity index (χ1v) is 7.51. The number of rotatable bonds is 4. The Hall–Kier alpha value is -2.82. The summed E-state index contributed by atoms with van der Waals surface area (Å²) in [6, 6.07) is 14.2. The molecular weight excluding hydrogens is 290 g/mol. The maximum Gasteiger partial charge on any atom is 0.319 e.